The molecule has 0 radical (unpaired) electrons. The van der Waals surface area contributed by atoms with Gasteiger partial charge in [0.1, 0.15) is 6.61 Å². The Morgan fingerprint density at radius 1 is 1.15 bits per heavy atom. The van der Waals surface area contributed by atoms with Crippen LogP contribution >= 0.6 is 0 Å². The van der Waals surface area contributed by atoms with Crippen molar-refractivity contribution in [3.63, 3.8) is 0 Å². The van der Waals surface area contributed by atoms with Crippen molar-refractivity contribution in [3.05, 3.63) is 23.8 Å². The third kappa shape index (κ3) is 4.23. The van der Waals surface area contributed by atoms with Gasteiger partial charge in [-0.05, 0) is 24.6 Å². The maximum Gasteiger partial charge on any atom is 0.231 e. The van der Waals surface area contributed by atoms with Crippen LogP contribution in [-0.4, -0.2) is 25.8 Å². The number of ketones is 1. The molecule has 1 aliphatic rings. The van der Waals surface area contributed by atoms with Crippen LogP contribution in [-0.2, 0) is 4.74 Å². The molecule has 0 aliphatic carbocycles. The second-order valence-electron chi connectivity index (χ2n) is 4.96. The fourth-order valence-electron chi connectivity index (χ4n) is 2.13. The molecular weight excluding hydrogens is 256 g/mol. The van der Waals surface area contributed by atoms with E-state index in [2.05, 4.69) is 6.92 Å². The molecular formula is C16H22O4. The first-order valence-electron chi connectivity index (χ1n) is 7.32. The summed E-state index contributed by atoms with van der Waals surface area (Å²) in [6.45, 7) is 3.20. The molecule has 0 saturated carbocycles. The van der Waals surface area contributed by atoms with Crippen molar-refractivity contribution in [3.8, 4) is 11.5 Å². The number of ether oxygens (including phenoxy) is 3. The number of rotatable bonds is 9. The van der Waals surface area contributed by atoms with Gasteiger partial charge in [0.15, 0.2) is 17.3 Å². The molecule has 1 heterocycles. The van der Waals surface area contributed by atoms with E-state index >= 15 is 0 Å². The average molecular weight is 278 g/mol. The van der Waals surface area contributed by atoms with E-state index < -0.39 is 0 Å². The maximum atomic E-state index is 12.0. The molecule has 0 aromatic heterocycles. The van der Waals surface area contributed by atoms with Crippen LogP contribution in [0.25, 0.3) is 0 Å². The van der Waals surface area contributed by atoms with Gasteiger partial charge in [0.25, 0.3) is 0 Å². The third-order valence-corrected chi connectivity index (χ3v) is 3.32. The van der Waals surface area contributed by atoms with Crippen LogP contribution in [0.15, 0.2) is 18.2 Å². The molecule has 0 bridgehead atoms. The van der Waals surface area contributed by atoms with E-state index in [1.54, 1.807) is 18.2 Å². The van der Waals surface area contributed by atoms with Gasteiger partial charge >= 0.3 is 0 Å². The molecule has 2 rings (SSSR count). The summed E-state index contributed by atoms with van der Waals surface area (Å²) in [7, 11) is 0. The number of unbranched alkanes of at least 4 members (excludes halogenated alkanes) is 4. The number of Topliss-reactive ketones (excluding diaryl/α,β-unsaturated/α-hetero) is 1. The summed E-state index contributed by atoms with van der Waals surface area (Å²) in [4.78, 5) is 12.0. The Labute approximate surface area is 120 Å². The van der Waals surface area contributed by atoms with Crippen LogP contribution in [0.2, 0.25) is 0 Å². The fourth-order valence-corrected chi connectivity index (χ4v) is 2.13. The zero-order valence-electron chi connectivity index (χ0n) is 12.0. The van der Waals surface area contributed by atoms with Crippen molar-refractivity contribution in [2.24, 2.45) is 0 Å². The second kappa shape index (κ2) is 7.90. The predicted molar refractivity (Wildman–Crippen MR) is 76.5 cm³/mol. The highest BCUT2D eigenvalue weighted by atomic mass is 16.7. The molecule has 4 heteroatoms. The maximum absolute atomic E-state index is 12.0. The smallest absolute Gasteiger partial charge is 0.231 e. The summed E-state index contributed by atoms with van der Waals surface area (Å²) in [6, 6.07) is 5.23. The normalized spacial score (nSPS) is 12.7. The first-order chi connectivity index (χ1) is 9.81. The quantitative estimate of drug-likeness (QED) is 0.511. The zero-order valence-corrected chi connectivity index (χ0v) is 12.0. The Morgan fingerprint density at radius 2 is 1.95 bits per heavy atom. The Kier molecular flexibility index (Phi) is 5.87. The molecule has 1 aromatic carbocycles. The van der Waals surface area contributed by atoms with Gasteiger partial charge in [-0.1, -0.05) is 32.6 Å². The van der Waals surface area contributed by atoms with Gasteiger partial charge < -0.3 is 14.2 Å². The van der Waals surface area contributed by atoms with E-state index in [4.69, 9.17) is 14.2 Å². The van der Waals surface area contributed by atoms with E-state index in [9.17, 15) is 4.79 Å². The summed E-state index contributed by atoms with van der Waals surface area (Å²) in [5, 5.41) is 0. The molecule has 0 unspecified atom stereocenters. The summed E-state index contributed by atoms with van der Waals surface area (Å²) in [6.07, 6.45) is 5.95. The minimum Gasteiger partial charge on any atom is -0.454 e. The number of carbonyl (C=O) groups excluding carboxylic acids is 1. The van der Waals surface area contributed by atoms with E-state index in [0.29, 0.717) is 23.7 Å². The Hall–Kier alpha value is -1.55. The lowest BCUT2D eigenvalue weighted by atomic mass is 10.1. The van der Waals surface area contributed by atoms with Crippen LogP contribution in [0.4, 0.5) is 0 Å². The second-order valence-corrected chi connectivity index (χ2v) is 4.96. The molecule has 0 N–H and O–H groups in total. The monoisotopic (exact) mass is 278 g/mol. The Morgan fingerprint density at radius 3 is 2.80 bits per heavy atom. The number of hydrogen-bond acceptors (Lipinski definition) is 4. The van der Waals surface area contributed by atoms with E-state index in [-0.39, 0.29) is 19.2 Å². The van der Waals surface area contributed by atoms with E-state index in [1.807, 2.05) is 0 Å². The zero-order chi connectivity index (χ0) is 14.2. The molecule has 110 valence electrons. The predicted octanol–water partition coefficient (Wildman–Crippen LogP) is 3.59. The molecule has 0 spiro atoms. The Balaban J connectivity index is 1.67. The van der Waals surface area contributed by atoms with Crippen molar-refractivity contribution in [2.75, 3.05) is 20.0 Å². The van der Waals surface area contributed by atoms with Crippen LogP contribution in [0.1, 0.15) is 49.4 Å². The summed E-state index contributed by atoms with van der Waals surface area (Å²) in [5.41, 5.74) is 0.611. The van der Waals surface area contributed by atoms with Crippen molar-refractivity contribution in [1.29, 1.82) is 0 Å². The van der Waals surface area contributed by atoms with Crippen molar-refractivity contribution in [2.45, 2.75) is 39.0 Å². The molecule has 0 saturated heterocycles. The van der Waals surface area contributed by atoms with Gasteiger partial charge in [0, 0.05) is 12.2 Å². The third-order valence-electron chi connectivity index (χ3n) is 3.32. The van der Waals surface area contributed by atoms with Gasteiger partial charge in [0.2, 0.25) is 6.79 Å². The highest BCUT2D eigenvalue weighted by Gasteiger charge is 2.16. The van der Waals surface area contributed by atoms with Gasteiger partial charge in [-0.2, -0.15) is 0 Å². The minimum absolute atomic E-state index is 0.0168. The average Bonchev–Trinajstić information content (AvgIpc) is 2.93. The van der Waals surface area contributed by atoms with E-state index in [0.717, 1.165) is 6.42 Å². The summed E-state index contributed by atoms with van der Waals surface area (Å²) < 4.78 is 15.9. The molecule has 1 aromatic rings. The summed E-state index contributed by atoms with van der Waals surface area (Å²) in [5.74, 6) is 1.31. The summed E-state index contributed by atoms with van der Waals surface area (Å²) >= 11 is 0. The highest BCUT2D eigenvalue weighted by Crippen LogP contribution is 2.32. The largest absolute Gasteiger partial charge is 0.454 e. The number of benzene rings is 1. The fraction of sp³-hybridized carbons (Fsp3) is 0.562. The van der Waals surface area contributed by atoms with Crippen LogP contribution in [0, 0.1) is 0 Å². The van der Waals surface area contributed by atoms with Gasteiger partial charge in [-0.3, -0.25) is 4.79 Å². The lowest BCUT2D eigenvalue weighted by molar-refractivity contribution is 0.0752. The number of hydrogen-bond donors (Lipinski definition) is 0. The van der Waals surface area contributed by atoms with Crippen LogP contribution in [0.5, 0.6) is 11.5 Å². The van der Waals surface area contributed by atoms with Crippen molar-refractivity contribution < 1.29 is 19.0 Å². The topological polar surface area (TPSA) is 44.8 Å². The van der Waals surface area contributed by atoms with Gasteiger partial charge in [-0.25, -0.2) is 0 Å². The van der Waals surface area contributed by atoms with Crippen LogP contribution < -0.4 is 9.47 Å². The standard InChI is InChI=1S/C16H22O4/c1-2-3-4-5-6-9-18-11-14(17)13-7-8-15-16(10-13)20-12-19-15/h7-8,10H,2-6,9,11-12H2,1H3. The molecule has 20 heavy (non-hydrogen) atoms. The number of fused-ring (bicyclic) bond motifs is 1. The highest BCUT2D eigenvalue weighted by molar-refractivity contribution is 5.97. The molecule has 1 aliphatic heterocycles. The van der Waals surface area contributed by atoms with Gasteiger partial charge in [0.05, 0.1) is 0 Å². The minimum atomic E-state index is -0.0168. The molecule has 0 atom stereocenters. The van der Waals surface area contributed by atoms with Crippen LogP contribution in [0.3, 0.4) is 0 Å². The Bertz CT molecular complexity index is 442. The van der Waals surface area contributed by atoms with E-state index in [1.165, 1.54) is 25.7 Å². The lowest BCUT2D eigenvalue weighted by Gasteiger charge is -2.05. The first-order valence-corrected chi connectivity index (χ1v) is 7.32. The molecule has 0 fully saturated rings. The molecule has 4 nitrogen and oxygen atoms in total. The van der Waals surface area contributed by atoms with Crippen molar-refractivity contribution in [1.82, 2.24) is 0 Å². The SMILES string of the molecule is CCCCCCCOCC(=O)c1ccc2c(c1)OCO2. The first kappa shape index (κ1) is 14.9. The van der Waals surface area contributed by atoms with Gasteiger partial charge in [-0.15, -0.1) is 0 Å². The number of carbonyl (C=O) groups is 1. The van der Waals surface area contributed by atoms with Crippen molar-refractivity contribution >= 4 is 5.78 Å². The lowest BCUT2D eigenvalue weighted by Crippen LogP contribution is -2.09. The molecule has 0 amide bonds.